The predicted molar refractivity (Wildman–Crippen MR) is 79.7 cm³/mol. The molecule has 1 aromatic heterocycles. The number of rotatable bonds is 3. The summed E-state index contributed by atoms with van der Waals surface area (Å²) in [5.41, 5.74) is 0.0707. The van der Waals surface area contributed by atoms with Crippen LogP contribution in [0.4, 0.5) is 4.79 Å². The normalized spacial score (nSPS) is 15.9. The predicted octanol–water partition coefficient (Wildman–Crippen LogP) is 2.04. The van der Waals surface area contributed by atoms with E-state index in [4.69, 9.17) is 9.52 Å². The monoisotopic (exact) mass is 330 g/mol. The van der Waals surface area contributed by atoms with Crippen LogP contribution in [0.1, 0.15) is 16.1 Å². The van der Waals surface area contributed by atoms with Crippen molar-refractivity contribution in [1.29, 1.82) is 0 Å². The van der Waals surface area contributed by atoms with Crippen LogP contribution in [0.2, 0.25) is 0 Å². The molecule has 0 atom stereocenters. The number of aromatic carboxylic acids is 1. The van der Waals surface area contributed by atoms with Gasteiger partial charge >= 0.3 is 5.97 Å². The number of benzene rings is 1. The molecule has 23 heavy (non-hydrogen) atoms. The zero-order valence-electron chi connectivity index (χ0n) is 11.4. The molecule has 2 N–H and O–H groups in total. The van der Waals surface area contributed by atoms with Gasteiger partial charge in [0.2, 0.25) is 0 Å². The maximum Gasteiger partial charge on any atom is 0.335 e. The summed E-state index contributed by atoms with van der Waals surface area (Å²) in [7, 11) is 0. The smallest absolute Gasteiger partial charge is 0.335 e. The Morgan fingerprint density at radius 3 is 2.70 bits per heavy atom. The largest absolute Gasteiger partial charge is 0.872 e. The molecule has 1 aliphatic rings. The molecule has 1 fully saturated rings. The number of carbonyl (C=O) groups excluding carboxylic acids is 2. The summed E-state index contributed by atoms with van der Waals surface area (Å²) >= 11 is 0.764. The summed E-state index contributed by atoms with van der Waals surface area (Å²) < 4.78 is 5.51. The highest BCUT2D eigenvalue weighted by atomic mass is 32.2. The van der Waals surface area contributed by atoms with E-state index < -0.39 is 22.9 Å². The molecule has 8 heteroatoms. The standard InChI is InChI=1S/C15H9NO6S/c17-10-3-1-7(5-9(10)14(19)20)11-4-2-8(22-11)6-12-13(18)16-15(21)23-12/h1-6,17H,(H,19,20)(H,16,18,21)/p-1/b12-6-. The third kappa shape index (κ3) is 2.97. The Balaban J connectivity index is 1.92. The Morgan fingerprint density at radius 1 is 1.26 bits per heavy atom. The quantitative estimate of drug-likeness (QED) is 0.826. The molecular formula is C15H8NO6S-. The molecule has 116 valence electrons. The van der Waals surface area contributed by atoms with Crippen molar-refractivity contribution in [2.75, 3.05) is 0 Å². The first-order chi connectivity index (χ1) is 10.9. The van der Waals surface area contributed by atoms with Gasteiger partial charge in [-0.1, -0.05) is 17.9 Å². The van der Waals surface area contributed by atoms with E-state index in [0.29, 0.717) is 17.1 Å². The summed E-state index contributed by atoms with van der Waals surface area (Å²) in [4.78, 5) is 33.7. The Morgan fingerprint density at radius 2 is 2.04 bits per heavy atom. The Kier molecular flexibility index (Phi) is 3.67. The molecule has 7 nitrogen and oxygen atoms in total. The van der Waals surface area contributed by atoms with Crippen LogP contribution in [0.15, 0.2) is 39.7 Å². The number of carbonyl (C=O) groups is 3. The average molecular weight is 330 g/mol. The number of imide groups is 1. The number of thioether (sulfide) groups is 1. The van der Waals surface area contributed by atoms with Crippen molar-refractivity contribution in [2.45, 2.75) is 0 Å². The SMILES string of the molecule is O=C1NC(=O)/C(=C/c2ccc(-c3ccc([O-])c(C(=O)O)c3)o2)S1. The molecule has 0 spiro atoms. The van der Waals surface area contributed by atoms with Gasteiger partial charge in [-0.05, 0) is 30.0 Å². The first kappa shape index (κ1) is 14.9. The van der Waals surface area contributed by atoms with Gasteiger partial charge in [-0.15, -0.1) is 0 Å². The zero-order valence-corrected chi connectivity index (χ0v) is 12.2. The molecular weight excluding hydrogens is 322 g/mol. The molecule has 0 aliphatic carbocycles. The molecule has 0 bridgehead atoms. The van der Waals surface area contributed by atoms with E-state index in [0.717, 1.165) is 17.8 Å². The Labute approximate surface area is 133 Å². The molecule has 2 amide bonds. The van der Waals surface area contributed by atoms with E-state index in [2.05, 4.69) is 5.32 Å². The number of carboxylic acids is 1. The van der Waals surface area contributed by atoms with Crippen molar-refractivity contribution in [3.8, 4) is 17.1 Å². The van der Waals surface area contributed by atoms with Crippen LogP contribution in [0.3, 0.4) is 0 Å². The van der Waals surface area contributed by atoms with E-state index in [1.54, 1.807) is 12.1 Å². The molecule has 0 radical (unpaired) electrons. The van der Waals surface area contributed by atoms with Crippen molar-refractivity contribution >= 4 is 35.0 Å². The minimum absolute atomic E-state index is 0.206. The average Bonchev–Trinajstić information content (AvgIpc) is 3.06. The van der Waals surface area contributed by atoms with Gasteiger partial charge < -0.3 is 14.6 Å². The summed E-state index contributed by atoms with van der Waals surface area (Å²) in [5.74, 6) is -1.73. The minimum atomic E-state index is -1.32. The molecule has 0 unspecified atom stereocenters. The summed E-state index contributed by atoms with van der Waals surface area (Å²) in [6, 6.07) is 6.98. The van der Waals surface area contributed by atoms with Gasteiger partial charge in [0.25, 0.3) is 11.1 Å². The van der Waals surface area contributed by atoms with Crippen LogP contribution in [0.25, 0.3) is 17.4 Å². The lowest BCUT2D eigenvalue weighted by Gasteiger charge is -2.10. The van der Waals surface area contributed by atoms with Crippen LogP contribution < -0.4 is 10.4 Å². The molecule has 1 aromatic carbocycles. The highest BCUT2D eigenvalue weighted by molar-refractivity contribution is 8.18. The molecule has 1 saturated heterocycles. The lowest BCUT2D eigenvalue weighted by Crippen LogP contribution is -2.17. The van der Waals surface area contributed by atoms with E-state index in [9.17, 15) is 19.5 Å². The maximum atomic E-state index is 11.5. The minimum Gasteiger partial charge on any atom is -0.872 e. The van der Waals surface area contributed by atoms with Gasteiger partial charge in [-0.25, -0.2) is 4.79 Å². The second kappa shape index (κ2) is 5.65. The van der Waals surface area contributed by atoms with Crippen LogP contribution >= 0.6 is 11.8 Å². The van der Waals surface area contributed by atoms with Gasteiger partial charge in [0, 0.05) is 11.6 Å². The number of furan rings is 1. The molecule has 3 rings (SSSR count). The first-order valence-electron chi connectivity index (χ1n) is 6.33. The Hall–Kier alpha value is -3.00. The van der Waals surface area contributed by atoms with Crippen molar-refractivity contribution in [1.82, 2.24) is 5.32 Å². The number of amides is 2. The molecule has 0 saturated carbocycles. The van der Waals surface area contributed by atoms with Gasteiger partial charge in [-0.3, -0.25) is 14.9 Å². The number of hydrogen-bond donors (Lipinski definition) is 2. The topological polar surface area (TPSA) is 120 Å². The summed E-state index contributed by atoms with van der Waals surface area (Å²) in [6.07, 6.45) is 1.41. The number of carboxylic acid groups (broad SMARTS) is 1. The van der Waals surface area contributed by atoms with E-state index in [1.807, 2.05) is 0 Å². The Bertz CT molecular complexity index is 867. The highest BCUT2D eigenvalue weighted by Gasteiger charge is 2.25. The van der Waals surface area contributed by atoms with Crippen molar-refractivity contribution in [3.05, 3.63) is 46.6 Å². The highest BCUT2D eigenvalue weighted by Crippen LogP contribution is 2.30. The van der Waals surface area contributed by atoms with Crippen molar-refractivity contribution in [2.24, 2.45) is 0 Å². The van der Waals surface area contributed by atoms with E-state index in [-0.39, 0.29) is 10.5 Å². The fraction of sp³-hybridized carbons (Fsp3) is 0. The van der Waals surface area contributed by atoms with Crippen molar-refractivity contribution in [3.63, 3.8) is 0 Å². The lowest BCUT2D eigenvalue weighted by atomic mass is 10.1. The van der Waals surface area contributed by atoms with Gasteiger partial charge in [0.1, 0.15) is 11.5 Å². The zero-order chi connectivity index (χ0) is 16.6. The van der Waals surface area contributed by atoms with Gasteiger partial charge in [0.15, 0.2) is 0 Å². The first-order valence-corrected chi connectivity index (χ1v) is 7.15. The fourth-order valence-corrected chi connectivity index (χ4v) is 2.65. The molecule has 2 heterocycles. The van der Waals surface area contributed by atoms with Crippen LogP contribution in [-0.2, 0) is 4.79 Å². The maximum absolute atomic E-state index is 11.5. The second-order valence-corrected chi connectivity index (χ2v) is 5.59. The van der Waals surface area contributed by atoms with Crippen LogP contribution in [0, 0.1) is 0 Å². The molecule has 1 aliphatic heterocycles. The molecule has 2 aromatic rings. The third-order valence-electron chi connectivity index (χ3n) is 3.04. The second-order valence-electron chi connectivity index (χ2n) is 4.57. The summed E-state index contributed by atoms with van der Waals surface area (Å²) in [5, 5.41) is 22.1. The summed E-state index contributed by atoms with van der Waals surface area (Å²) in [6.45, 7) is 0. The van der Waals surface area contributed by atoms with Crippen LogP contribution in [-0.4, -0.2) is 22.2 Å². The lowest BCUT2D eigenvalue weighted by molar-refractivity contribution is -0.268. The van der Waals surface area contributed by atoms with E-state index >= 15 is 0 Å². The van der Waals surface area contributed by atoms with Gasteiger partial charge in [-0.2, -0.15) is 0 Å². The van der Waals surface area contributed by atoms with Crippen molar-refractivity contribution < 1.29 is 29.0 Å². The van der Waals surface area contributed by atoms with Crippen LogP contribution in [0.5, 0.6) is 5.75 Å². The number of nitrogens with one attached hydrogen (secondary N) is 1. The number of hydrogen-bond acceptors (Lipinski definition) is 6. The van der Waals surface area contributed by atoms with Gasteiger partial charge in [0.05, 0.1) is 10.5 Å². The third-order valence-corrected chi connectivity index (χ3v) is 3.85. The fourth-order valence-electron chi connectivity index (χ4n) is 1.99. The van der Waals surface area contributed by atoms with E-state index in [1.165, 1.54) is 18.2 Å².